The largest absolute Gasteiger partial charge is 0.457 e. The lowest BCUT2D eigenvalue weighted by Crippen LogP contribution is -2.17. The molecule has 0 spiro atoms. The van der Waals surface area contributed by atoms with E-state index in [1.807, 2.05) is 46.9 Å². The lowest BCUT2D eigenvalue weighted by Gasteiger charge is -2.09. The zero-order valence-corrected chi connectivity index (χ0v) is 18.4. The molecule has 0 aliphatic heterocycles. The normalized spacial score (nSPS) is 11.1. The summed E-state index contributed by atoms with van der Waals surface area (Å²) < 4.78 is 9.17. The van der Waals surface area contributed by atoms with Crippen molar-refractivity contribution in [1.29, 1.82) is 0 Å². The van der Waals surface area contributed by atoms with E-state index < -0.39 is 5.97 Å². The van der Waals surface area contributed by atoms with E-state index >= 15 is 0 Å². The Morgan fingerprint density at radius 1 is 1.17 bits per heavy atom. The summed E-state index contributed by atoms with van der Waals surface area (Å²) in [6, 6.07) is 6.05. The Balaban J connectivity index is 1.60. The maximum Gasteiger partial charge on any atom is 0.310 e. The second kappa shape index (κ2) is 8.78. The van der Waals surface area contributed by atoms with Crippen LogP contribution in [0.4, 0.5) is 0 Å². The summed E-state index contributed by atoms with van der Waals surface area (Å²) in [6.45, 7) is 8.30. The monoisotopic (exact) mass is 413 g/mol. The zero-order valence-electron chi connectivity index (χ0n) is 17.6. The van der Waals surface area contributed by atoms with Crippen molar-refractivity contribution >= 4 is 23.1 Å². The number of ether oxygens (including phenoxy) is 1. The highest BCUT2D eigenvalue weighted by atomic mass is 32.1. The highest BCUT2D eigenvalue weighted by molar-refractivity contribution is 7.09. The molecule has 0 radical (unpaired) electrons. The second-order valence-electron chi connectivity index (χ2n) is 7.30. The molecule has 29 heavy (non-hydrogen) atoms. The van der Waals surface area contributed by atoms with Gasteiger partial charge in [-0.2, -0.15) is 5.10 Å². The maximum absolute atomic E-state index is 12.7. The van der Waals surface area contributed by atoms with Crippen molar-refractivity contribution in [3.05, 3.63) is 62.4 Å². The summed E-state index contributed by atoms with van der Waals surface area (Å²) in [7, 11) is 1.84. The molecule has 0 fully saturated rings. The Morgan fingerprint density at radius 2 is 1.93 bits per heavy atom. The van der Waals surface area contributed by atoms with Gasteiger partial charge in [0.25, 0.3) is 0 Å². The van der Waals surface area contributed by atoms with Crippen LogP contribution in [0.25, 0.3) is 0 Å². The summed E-state index contributed by atoms with van der Waals surface area (Å²) >= 11 is 1.74. The Hall–Kier alpha value is -2.67. The van der Waals surface area contributed by atoms with Gasteiger partial charge < -0.3 is 9.30 Å². The summed E-state index contributed by atoms with van der Waals surface area (Å²) in [4.78, 5) is 26.2. The van der Waals surface area contributed by atoms with Gasteiger partial charge in [0, 0.05) is 46.7 Å². The number of aryl methyl sites for hydroxylation is 4. The van der Waals surface area contributed by atoms with Gasteiger partial charge in [-0.1, -0.05) is 6.07 Å². The van der Waals surface area contributed by atoms with Gasteiger partial charge in [-0.05, 0) is 51.6 Å². The first-order valence-electron chi connectivity index (χ1n) is 9.65. The zero-order chi connectivity index (χ0) is 21.1. The minimum absolute atomic E-state index is 0.124. The lowest BCUT2D eigenvalue weighted by atomic mass is 10.1. The van der Waals surface area contributed by atoms with Crippen LogP contribution in [0.5, 0.6) is 0 Å². The number of hydrogen-bond donors (Lipinski definition) is 0. The Kier molecular flexibility index (Phi) is 6.37. The van der Waals surface area contributed by atoms with Crippen LogP contribution in [0.15, 0.2) is 23.6 Å². The van der Waals surface area contributed by atoms with E-state index in [2.05, 4.69) is 21.1 Å². The van der Waals surface area contributed by atoms with Crippen molar-refractivity contribution in [1.82, 2.24) is 14.3 Å². The van der Waals surface area contributed by atoms with Gasteiger partial charge >= 0.3 is 5.97 Å². The number of esters is 1. The van der Waals surface area contributed by atoms with E-state index in [4.69, 9.17) is 4.74 Å². The lowest BCUT2D eigenvalue weighted by molar-refractivity contribution is -0.141. The molecule has 3 rings (SSSR count). The Bertz CT molecular complexity index is 1030. The summed E-state index contributed by atoms with van der Waals surface area (Å²) in [5, 5.41) is 6.38. The number of rotatable bonds is 8. The molecule has 3 aromatic heterocycles. The molecule has 154 valence electrons. The summed E-state index contributed by atoms with van der Waals surface area (Å²) in [6.07, 6.45) is 1.05. The van der Waals surface area contributed by atoms with Crippen LogP contribution in [-0.2, 0) is 36.0 Å². The van der Waals surface area contributed by atoms with Crippen molar-refractivity contribution in [3.8, 4) is 0 Å². The Morgan fingerprint density at radius 3 is 2.55 bits per heavy atom. The van der Waals surface area contributed by atoms with E-state index in [1.165, 1.54) is 4.88 Å². The topological polar surface area (TPSA) is 66.1 Å². The molecule has 0 aliphatic carbocycles. The molecule has 0 amide bonds. The van der Waals surface area contributed by atoms with Gasteiger partial charge in [-0.25, -0.2) is 0 Å². The van der Waals surface area contributed by atoms with Gasteiger partial charge in [0.2, 0.25) is 5.78 Å². The van der Waals surface area contributed by atoms with Crippen LogP contribution in [0.3, 0.4) is 0 Å². The number of thiophene rings is 1. The van der Waals surface area contributed by atoms with Crippen molar-refractivity contribution in [3.63, 3.8) is 0 Å². The molecular formula is C22H27N3O3S. The molecule has 0 saturated carbocycles. The maximum atomic E-state index is 12.7. The summed E-state index contributed by atoms with van der Waals surface area (Å²) in [5.74, 6) is -0.586. The first-order chi connectivity index (χ1) is 13.8. The minimum Gasteiger partial charge on any atom is -0.457 e. The number of carbonyl (C=O) groups is 2. The van der Waals surface area contributed by atoms with E-state index in [0.29, 0.717) is 5.56 Å². The highest BCUT2D eigenvalue weighted by Gasteiger charge is 2.19. The fraction of sp³-hybridized carbons (Fsp3) is 0.409. The molecule has 0 unspecified atom stereocenters. The number of aromatic nitrogens is 3. The minimum atomic E-state index is -0.413. The average Bonchev–Trinajstić information content (AvgIpc) is 3.35. The quantitative estimate of drug-likeness (QED) is 0.417. The number of nitrogens with zero attached hydrogens (tertiary/aromatic N) is 3. The van der Waals surface area contributed by atoms with E-state index in [0.717, 1.165) is 41.3 Å². The molecule has 0 aliphatic rings. The number of ketones is 1. The number of hydrogen-bond acceptors (Lipinski definition) is 5. The molecule has 0 aromatic carbocycles. The van der Waals surface area contributed by atoms with Crippen molar-refractivity contribution in [2.45, 2.75) is 47.1 Å². The first-order valence-corrected chi connectivity index (χ1v) is 10.5. The predicted molar refractivity (Wildman–Crippen MR) is 114 cm³/mol. The van der Waals surface area contributed by atoms with Crippen molar-refractivity contribution < 1.29 is 14.3 Å². The van der Waals surface area contributed by atoms with Crippen LogP contribution >= 0.6 is 11.3 Å². The van der Waals surface area contributed by atoms with Gasteiger partial charge in [0.15, 0.2) is 6.61 Å². The number of carbonyl (C=O) groups excluding carboxylic acids is 2. The summed E-state index contributed by atoms with van der Waals surface area (Å²) in [5.41, 5.74) is 5.17. The van der Waals surface area contributed by atoms with Crippen LogP contribution < -0.4 is 0 Å². The molecule has 7 heteroatoms. The molecule has 3 heterocycles. The molecule has 3 aromatic rings. The van der Waals surface area contributed by atoms with Gasteiger partial charge in [-0.15, -0.1) is 11.3 Å². The van der Waals surface area contributed by atoms with Crippen molar-refractivity contribution in [2.75, 3.05) is 6.61 Å². The first kappa shape index (κ1) is 21.0. The molecule has 0 N–H and O–H groups in total. The fourth-order valence-corrected chi connectivity index (χ4v) is 4.29. The molecule has 0 saturated heterocycles. The molecule has 0 atom stereocenters. The molecular weight excluding hydrogens is 386 g/mol. The second-order valence-corrected chi connectivity index (χ2v) is 8.33. The highest BCUT2D eigenvalue weighted by Crippen LogP contribution is 2.19. The third-order valence-electron chi connectivity index (χ3n) is 5.38. The smallest absolute Gasteiger partial charge is 0.310 e. The van der Waals surface area contributed by atoms with E-state index in [-0.39, 0.29) is 18.8 Å². The number of Topliss-reactive ketones (excluding diaryl/α,β-unsaturated/α-hetero) is 1. The van der Waals surface area contributed by atoms with Gasteiger partial charge in [0.05, 0.1) is 12.1 Å². The SMILES string of the molecule is Cc1nn(C)c(C)c1CC(=O)OCC(=O)c1cc(C)n(CCc2cccs2)c1C. The van der Waals surface area contributed by atoms with E-state index in [1.54, 1.807) is 16.0 Å². The molecule has 0 bridgehead atoms. The predicted octanol–water partition coefficient (Wildman–Crippen LogP) is 3.73. The van der Waals surface area contributed by atoms with E-state index in [9.17, 15) is 9.59 Å². The average molecular weight is 414 g/mol. The van der Waals surface area contributed by atoms with Crippen LogP contribution in [0.1, 0.15) is 43.6 Å². The fourth-order valence-electron chi connectivity index (χ4n) is 3.60. The van der Waals surface area contributed by atoms with Crippen LogP contribution in [0.2, 0.25) is 0 Å². The van der Waals surface area contributed by atoms with Gasteiger partial charge in [-0.3, -0.25) is 14.3 Å². The standard InChI is InChI=1S/C22H27N3O3S/c1-14-11-20(17(4)25(14)9-8-18-7-6-10-29-18)21(26)13-28-22(27)12-19-15(2)23-24(5)16(19)3/h6-7,10-11H,8-9,12-13H2,1-5H3. The van der Waals surface area contributed by atoms with Crippen molar-refractivity contribution in [2.24, 2.45) is 7.05 Å². The Labute approximate surface area is 175 Å². The van der Waals surface area contributed by atoms with Crippen LogP contribution in [0, 0.1) is 27.7 Å². The molecule has 6 nitrogen and oxygen atoms in total. The third kappa shape index (κ3) is 4.67. The van der Waals surface area contributed by atoms with Crippen LogP contribution in [-0.4, -0.2) is 32.7 Å². The van der Waals surface area contributed by atoms with Gasteiger partial charge in [0.1, 0.15) is 0 Å². The third-order valence-corrected chi connectivity index (χ3v) is 6.32.